The van der Waals surface area contributed by atoms with E-state index in [0.29, 0.717) is 0 Å². The summed E-state index contributed by atoms with van der Waals surface area (Å²) in [4.78, 5) is 3.37. The fraction of sp³-hybridized carbons (Fsp3) is 0.556. The molecular weight excluding hydrogens is 260 g/mol. The molecule has 0 bridgehead atoms. The summed E-state index contributed by atoms with van der Waals surface area (Å²) in [6, 6.07) is 6.28. The predicted octanol–water partition coefficient (Wildman–Crippen LogP) is 3.89. The van der Waals surface area contributed by atoms with E-state index in [1.165, 1.54) is 42.3 Å². The molecule has 2 N–H and O–H groups in total. The fourth-order valence-corrected chi connectivity index (χ4v) is 2.71. The summed E-state index contributed by atoms with van der Waals surface area (Å²) < 4.78 is 5.97. The molecule has 2 aromatic rings. The van der Waals surface area contributed by atoms with E-state index < -0.39 is 0 Å². The summed E-state index contributed by atoms with van der Waals surface area (Å²) in [5, 5.41) is 4.83. The molecular formula is C18H26N2O. The summed E-state index contributed by atoms with van der Waals surface area (Å²) in [5.41, 5.74) is 2.54. The minimum Gasteiger partial charge on any atom is -0.493 e. The number of ether oxygens (including phenoxy) is 1. The van der Waals surface area contributed by atoms with Crippen molar-refractivity contribution in [2.24, 2.45) is 5.92 Å². The lowest BCUT2D eigenvalue weighted by Gasteiger charge is -2.09. The first kappa shape index (κ1) is 14.5. The van der Waals surface area contributed by atoms with Gasteiger partial charge in [-0.05, 0) is 62.4 Å². The first-order chi connectivity index (χ1) is 10.4. The Morgan fingerprint density at radius 2 is 2.24 bits per heavy atom. The van der Waals surface area contributed by atoms with Crippen LogP contribution in [0.1, 0.15) is 38.2 Å². The van der Waals surface area contributed by atoms with Crippen molar-refractivity contribution < 1.29 is 4.74 Å². The van der Waals surface area contributed by atoms with Gasteiger partial charge in [0.05, 0.1) is 6.61 Å². The number of aromatic nitrogens is 1. The average molecular weight is 286 g/mol. The van der Waals surface area contributed by atoms with Crippen LogP contribution >= 0.6 is 0 Å². The van der Waals surface area contributed by atoms with Crippen molar-refractivity contribution in [1.29, 1.82) is 0 Å². The molecule has 3 heteroatoms. The van der Waals surface area contributed by atoms with E-state index in [2.05, 4.69) is 41.6 Å². The molecule has 1 aromatic heterocycles. The van der Waals surface area contributed by atoms with Crippen LogP contribution in [-0.2, 0) is 6.42 Å². The van der Waals surface area contributed by atoms with Crippen LogP contribution in [0, 0.1) is 5.92 Å². The molecule has 3 nitrogen and oxygen atoms in total. The lowest BCUT2D eigenvalue weighted by atomic mass is 10.1. The van der Waals surface area contributed by atoms with Crippen LogP contribution < -0.4 is 10.1 Å². The Bertz CT molecular complexity index is 572. The molecule has 0 saturated heterocycles. The molecule has 0 unspecified atom stereocenters. The molecule has 114 valence electrons. The van der Waals surface area contributed by atoms with Gasteiger partial charge in [-0.2, -0.15) is 0 Å². The van der Waals surface area contributed by atoms with E-state index in [1.807, 2.05) is 0 Å². The van der Waals surface area contributed by atoms with Crippen LogP contribution in [0.15, 0.2) is 24.4 Å². The van der Waals surface area contributed by atoms with E-state index >= 15 is 0 Å². The second kappa shape index (κ2) is 6.99. The van der Waals surface area contributed by atoms with Crippen molar-refractivity contribution in [2.75, 3.05) is 19.7 Å². The summed E-state index contributed by atoms with van der Waals surface area (Å²) in [5.74, 6) is 1.97. The van der Waals surface area contributed by atoms with Crippen molar-refractivity contribution in [1.82, 2.24) is 10.3 Å². The van der Waals surface area contributed by atoms with Crippen molar-refractivity contribution in [3.05, 3.63) is 30.0 Å². The number of aromatic amines is 1. The SMILES string of the molecule is CCCCOc1cccc2[nH]cc(CCNCC3CC3)c12. The minimum atomic E-state index is 0.806. The van der Waals surface area contributed by atoms with Gasteiger partial charge in [0.15, 0.2) is 0 Å². The number of hydrogen-bond donors (Lipinski definition) is 2. The number of hydrogen-bond acceptors (Lipinski definition) is 2. The highest BCUT2D eigenvalue weighted by atomic mass is 16.5. The summed E-state index contributed by atoms with van der Waals surface area (Å²) in [6.45, 7) is 5.23. The number of unbranched alkanes of at least 4 members (excludes halogenated alkanes) is 1. The third-order valence-electron chi connectivity index (χ3n) is 4.21. The summed E-state index contributed by atoms with van der Waals surface area (Å²) in [6.07, 6.45) is 8.29. The van der Waals surface area contributed by atoms with Gasteiger partial charge >= 0.3 is 0 Å². The monoisotopic (exact) mass is 286 g/mol. The van der Waals surface area contributed by atoms with Gasteiger partial charge in [0, 0.05) is 17.1 Å². The van der Waals surface area contributed by atoms with Crippen LogP contribution in [0.3, 0.4) is 0 Å². The van der Waals surface area contributed by atoms with E-state index in [4.69, 9.17) is 4.74 Å². The Kier molecular flexibility index (Phi) is 4.81. The Hall–Kier alpha value is -1.48. The maximum Gasteiger partial charge on any atom is 0.128 e. The zero-order valence-corrected chi connectivity index (χ0v) is 13.0. The Labute approximate surface area is 127 Å². The molecule has 0 atom stereocenters. The predicted molar refractivity (Wildman–Crippen MR) is 88.0 cm³/mol. The normalized spacial score (nSPS) is 14.7. The molecule has 0 amide bonds. The summed E-state index contributed by atoms with van der Waals surface area (Å²) >= 11 is 0. The second-order valence-electron chi connectivity index (χ2n) is 6.09. The van der Waals surface area contributed by atoms with E-state index in [0.717, 1.165) is 37.7 Å². The molecule has 1 aliphatic carbocycles. The number of nitrogens with one attached hydrogen (secondary N) is 2. The van der Waals surface area contributed by atoms with Crippen molar-refractivity contribution in [3.8, 4) is 5.75 Å². The van der Waals surface area contributed by atoms with E-state index in [-0.39, 0.29) is 0 Å². The smallest absolute Gasteiger partial charge is 0.128 e. The Morgan fingerprint density at radius 1 is 1.33 bits per heavy atom. The van der Waals surface area contributed by atoms with Gasteiger partial charge in [0.25, 0.3) is 0 Å². The third-order valence-corrected chi connectivity index (χ3v) is 4.21. The highest BCUT2D eigenvalue weighted by Gasteiger charge is 2.20. The van der Waals surface area contributed by atoms with Crippen molar-refractivity contribution >= 4 is 10.9 Å². The highest BCUT2D eigenvalue weighted by molar-refractivity contribution is 5.89. The zero-order valence-electron chi connectivity index (χ0n) is 13.0. The highest BCUT2D eigenvalue weighted by Crippen LogP contribution is 2.30. The van der Waals surface area contributed by atoms with Crippen LogP contribution in [0.25, 0.3) is 10.9 Å². The first-order valence-electron chi connectivity index (χ1n) is 8.31. The van der Waals surface area contributed by atoms with Gasteiger partial charge in [-0.15, -0.1) is 0 Å². The number of H-pyrrole nitrogens is 1. The van der Waals surface area contributed by atoms with Gasteiger partial charge in [-0.3, -0.25) is 0 Å². The number of benzene rings is 1. The van der Waals surface area contributed by atoms with Gasteiger partial charge < -0.3 is 15.0 Å². The second-order valence-corrected chi connectivity index (χ2v) is 6.09. The molecule has 0 aliphatic heterocycles. The van der Waals surface area contributed by atoms with Crippen LogP contribution in [-0.4, -0.2) is 24.7 Å². The molecule has 1 heterocycles. The number of fused-ring (bicyclic) bond motifs is 1. The Morgan fingerprint density at radius 3 is 3.05 bits per heavy atom. The number of rotatable bonds is 9. The average Bonchev–Trinajstić information content (AvgIpc) is 3.23. The Balaban J connectivity index is 1.65. The largest absolute Gasteiger partial charge is 0.493 e. The molecule has 3 rings (SSSR count). The van der Waals surface area contributed by atoms with Gasteiger partial charge in [-0.25, -0.2) is 0 Å². The molecule has 21 heavy (non-hydrogen) atoms. The molecule has 0 spiro atoms. The first-order valence-corrected chi connectivity index (χ1v) is 8.31. The van der Waals surface area contributed by atoms with Gasteiger partial charge in [0.1, 0.15) is 5.75 Å². The minimum absolute atomic E-state index is 0.806. The van der Waals surface area contributed by atoms with Crippen LogP contribution in [0.4, 0.5) is 0 Å². The van der Waals surface area contributed by atoms with E-state index in [9.17, 15) is 0 Å². The standard InChI is InChI=1S/C18H26N2O/c1-2-3-11-21-17-6-4-5-16-18(17)15(13-20-16)9-10-19-12-14-7-8-14/h4-6,13-14,19-20H,2-3,7-12H2,1H3. The van der Waals surface area contributed by atoms with Gasteiger partial charge in [0.2, 0.25) is 0 Å². The summed E-state index contributed by atoms with van der Waals surface area (Å²) in [7, 11) is 0. The van der Waals surface area contributed by atoms with Crippen molar-refractivity contribution in [2.45, 2.75) is 39.0 Å². The molecule has 1 aromatic carbocycles. The maximum atomic E-state index is 5.97. The third kappa shape index (κ3) is 3.79. The van der Waals surface area contributed by atoms with Gasteiger partial charge in [-0.1, -0.05) is 19.4 Å². The van der Waals surface area contributed by atoms with Crippen molar-refractivity contribution in [3.63, 3.8) is 0 Å². The van der Waals surface area contributed by atoms with Crippen LogP contribution in [0.5, 0.6) is 5.75 Å². The van der Waals surface area contributed by atoms with E-state index in [1.54, 1.807) is 0 Å². The quantitative estimate of drug-likeness (QED) is 0.686. The molecule has 0 radical (unpaired) electrons. The molecule has 1 fully saturated rings. The molecule has 1 aliphatic rings. The lowest BCUT2D eigenvalue weighted by molar-refractivity contribution is 0.313. The fourth-order valence-electron chi connectivity index (χ4n) is 2.71. The lowest BCUT2D eigenvalue weighted by Crippen LogP contribution is -2.19. The maximum absolute atomic E-state index is 5.97. The van der Waals surface area contributed by atoms with Crippen LogP contribution in [0.2, 0.25) is 0 Å². The zero-order chi connectivity index (χ0) is 14.5. The topological polar surface area (TPSA) is 37.0 Å². The molecule has 1 saturated carbocycles.